The van der Waals surface area contributed by atoms with Crippen molar-refractivity contribution >= 4 is 17.6 Å². The van der Waals surface area contributed by atoms with Crippen molar-refractivity contribution in [3.8, 4) is 11.5 Å². The lowest BCUT2D eigenvalue weighted by Gasteiger charge is -2.25. The van der Waals surface area contributed by atoms with Gasteiger partial charge in [-0.1, -0.05) is 6.07 Å². The Morgan fingerprint density at radius 3 is 2.84 bits per heavy atom. The van der Waals surface area contributed by atoms with Gasteiger partial charge in [0, 0.05) is 13.0 Å². The van der Waals surface area contributed by atoms with Gasteiger partial charge in [-0.15, -0.1) is 0 Å². The summed E-state index contributed by atoms with van der Waals surface area (Å²) >= 11 is 0. The number of carboxylic acid groups (broad SMARTS) is 1. The Bertz CT molecular complexity index is 542. The number of carbonyl (C=O) groups is 2. The Hall–Kier alpha value is -2.24. The molecule has 100 valence electrons. The van der Waals surface area contributed by atoms with E-state index in [0.717, 1.165) is 0 Å². The quantitative estimate of drug-likeness (QED) is 0.857. The second-order valence-corrected chi connectivity index (χ2v) is 4.54. The molecule has 2 heterocycles. The fraction of sp³-hybridized carbons (Fsp3) is 0.385. The molecular formula is C13H13NO5. The molecule has 1 aromatic rings. The van der Waals surface area contributed by atoms with Crippen LogP contribution in [-0.2, 0) is 9.59 Å². The van der Waals surface area contributed by atoms with Gasteiger partial charge in [0.2, 0.25) is 5.91 Å². The summed E-state index contributed by atoms with van der Waals surface area (Å²) in [5.41, 5.74) is 0.589. The number of carboxylic acids is 1. The Morgan fingerprint density at radius 2 is 2.11 bits per heavy atom. The molecule has 1 amide bonds. The van der Waals surface area contributed by atoms with Crippen molar-refractivity contribution in [3.05, 3.63) is 18.2 Å². The highest BCUT2D eigenvalue weighted by Gasteiger charge is 2.37. The number of amides is 1. The second kappa shape index (κ2) is 4.46. The van der Waals surface area contributed by atoms with Crippen molar-refractivity contribution < 1.29 is 24.2 Å². The molecule has 0 aliphatic carbocycles. The number of rotatable bonds is 2. The summed E-state index contributed by atoms with van der Waals surface area (Å²) in [6, 6.07) is 5.28. The number of benzene rings is 1. The van der Waals surface area contributed by atoms with Crippen molar-refractivity contribution in [3.63, 3.8) is 0 Å². The van der Waals surface area contributed by atoms with Crippen LogP contribution in [0.4, 0.5) is 5.69 Å². The van der Waals surface area contributed by atoms with Gasteiger partial charge in [0.05, 0.1) is 11.6 Å². The van der Waals surface area contributed by atoms with Gasteiger partial charge in [0.1, 0.15) is 13.2 Å². The highest BCUT2D eigenvalue weighted by atomic mass is 16.6. The summed E-state index contributed by atoms with van der Waals surface area (Å²) in [6.07, 6.45) is 0.0276. The molecule has 19 heavy (non-hydrogen) atoms. The van der Waals surface area contributed by atoms with E-state index in [9.17, 15) is 9.59 Å². The molecule has 3 rings (SSSR count). The molecule has 0 saturated carbocycles. The van der Waals surface area contributed by atoms with Gasteiger partial charge in [0.25, 0.3) is 0 Å². The van der Waals surface area contributed by atoms with Crippen LogP contribution in [-0.4, -0.2) is 36.7 Å². The van der Waals surface area contributed by atoms with E-state index in [-0.39, 0.29) is 18.9 Å². The third-order valence-corrected chi connectivity index (χ3v) is 3.31. The number of carbonyl (C=O) groups excluding carboxylic acids is 1. The average Bonchev–Trinajstić information content (AvgIpc) is 2.80. The normalized spacial score (nSPS) is 21.6. The molecular weight excluding hydrogens is 250 g/mol. The van der Waals surface area contributed by atoms with Gasteiger partial charge in [-0.05, 0) is 12.1 Å². The zero-order chi connectivity index (χ0) is 13.4. The molecule has 1 N–H and O–H groups in total. The molecule has 2 aliphatic heterocycles. The third kappa shape index (κ3) is 1.99. The summed E-state index contributed by atoms with van der Waals surface area (Å²) in [6.45, 7) is 1.07. The SMILES string of the molecule is O=C(O)[C@H]1CC(=O)N(c2cccc3c2OCCO3)C1. The van der Waals surface area contributed by atoms with Crippen molar-refractivity contribution in [2.75, 3.05) is 24.7 Å². The molecule has 0 aromatic heterocycles. The van der Waals surface area contributed by atoms with Gasteiger partial charge in [0.15, 0.2) is 11.5 Å². The third-order valence-electron chi connectivity index (χ3n) is 3.31. The Kier molecular flexibility index (Phi) is 2.77. The van der Waals surface area contributed by atoms with Crippen LogP contribution in [0, 0.1) is 5.92 Å². The van der Waals surface area contributed by atoms with Crippen LogP contribution >= 0.6 is 0 Å². The lowest BCUT2D eigenvalue weighted by Crippen LogP contribution is -2.27. The molecule has 2 aliphatic rings. The Morgan fingerprint density at radius 1 is 1.32 bits per heavy atom. The zero-order valence-corrected chi connectivity index (χ0v) is 10.2. The summed E-state index contributed by atoms with van der Waals surface area (Å²) < 4.78 is 11.0. The molecule has 6 heteroatoms. The summed E-state index contributed by atoms with van der Waals surface area (Å²) in [5.74, 6) is -0.691. The number of para-hydroxylation sites is 1. The Balaban J connectivity index is 1.95. The zero-order valence-electron chi connectivity index (χ0n) is 10.2. The van der Waals surface area contributed by atoms with Crippen molar-refractivity contribution in [1.29, 1.82) is 0 Å². The average molecular weight is 263 g/mol. The molecule has 6 nitrogen and oxygen atoms in total. The van der Waals surface area contributed by atoms with Gasteiger partial charge in [-0.2, -0.15) is 0 Å². The second-order valence-electron chi connectivity index (χ2n) is 4.54. The summed E-state index contributed by atoms with van der Waals surface area (Å²) in [5, 5.41) is 9.00. The molecule has 0 radical (unpaired) electrons. The fourth-order valence-electron chi connectivity index (χ4n) is 2.38. The van der Waals surface area contributed by atoms with E-state index in [0.29, 0.717) is 30.4 Å². The first-order chi connectivity index (χ1) is 9.16. The number of hydrogen-bond donors (Lipinski definition) is 1. The van der Waals surface area contributed by atoms with Crippen molar-refractivity contribution in [2.45, 2.75) is 6.42 Å². The molecule has 1 atom stereocenters. The van der Waals surface area contributed by atoms with Crippen molar-refractivity contribution in [1.82, 2.24) is 0 Å². The van der Waals surface area contributed by atoms with Crippen LogP contribution < -0.4 is 14.4 Å². The highest BCUT2D eigenvalue weighted by Crippen LogP contribution is 2.41. The minimum Gasteiger partial charge on any atom is -0.486 e. The lowest BCUT2D eigenvalue weighted by atomic mass is 10.1. The van der Waals surface area contributed by atoms with Crippen LogP contribution in [0.5, 0.6) is 11.5 Å². The van der Waals surface area contributed by atoms with Gasteiger partial charge >= 0.3 is 5.97 Å². The van der Waals surface area contributed by atoms with E-state index in [4.69, 9.17) is 14.6 Å². The molecule has 1 aromatic carbocycles. The first kappa shape index (κ1) is 11.8. The molecule has 0 unspecified atom stereocenters. The standard InChI is InChI=1S/C13H13NO5/c15-11-6-8(13(16)17)7-14(11)9-2-1-3-10-12(9)19-5-4-18-10/h1-3,8H,4-7H2,(H,16,17)/t8-/m0/s1. The molecule has 0 bridgehead atoms. The largest absolute Gasteiger partial charge is 0.486 e. The van der Waals surface area contributed by atoms with E-state index >= 15 is 0 Å². The van der Waals surface area contributed by atoms with E-state index < -0.39 is 11.9 Å². The monoisotopic (exact) mass is 263 g/mol. The first-order valence-electron chi connectivity index (χ1n) is 6.08. The molecule has 0 spiro atoms. The van der Waals surface area contributed by atoms with E-state index in [2.05, 4.69) is 0 Å². The predicted octanol–water partition coefficient (Wildman–Crippen LogP) is 0.895. The smallest absolute Gasteiger partial charge is 0.308 e. The maximum absolute atomic E-state index is 11.9. The van der Waals surface area contributed by atoms with Crippen LogP contribution in [0.3, 0.4) is 0 Å². The number of hydrogen-bond acceptors (Lipinski definition) is 4. The Labute approximate surface area is 109 Å². The van der Waals surface area contributed by atoms with Gasteiger partial charge < -0.3 is 19.5 Å². The molecule has 1 fully saturated rings. The fourth-order valence-corrected chi connectivity index (χ4v) is 2.38. The van der Waals surface area contributed by atoms with E-state index in [1.54, 1.807) is 18.2 Å². The van der Waals surface area contributed by atoms with Crippen LogP contribution in [0.15, 0.2) is 18.2 Å². The predicted molar refractivity (Wildman–Crippen MR) is 65.5 cm³/mol. The van der Waals surface area contributed by atoms with E-state index in [1.807, 2.05) is 0 Å². The number of fused-ring (bicyclic) bond motifs is 1. The van der Waals surface area contributed by atoms with Gasteiger partial charge in [-0.25, -0.2) is 0 Å². The maximum atomic E-state index is 11.9. The van der Waals surface area contributed by atoms with Crippen LogP contribution in [0.1, 0.15) is 6.42 Å². The number of ether oxygens (including phenoxy) is 2. The van der Waals surface area contributed by atoms with Crippen LogP contribution in [0.2, 0.25) is 0 Å². The summed E-state index contributed by atoms with van der Waals surface area (Å²) in [4.78, 5) is 24.4. The van der Waals surface area contributed by atoms with Gasteiger partial charge in [-0.3, -0.25) is 9.59 Å². The first-order valence-corrected chi connectivity index (χ1v) is 6.08. The van der Waals surface area contributed by atoms with Crippen LogP contribution in [0.25, 0.3) is 0 Å². The highest BCUT2D eigenvalue weighted by molar-refractivity contribution is 6.00. The maximum Gasteiger partial charge on any atom is 0.308 e. The summed E-state index contributed by atoms with van der Waals surface area (Å²) in [7, 11) is 0. The number of nitrogens with zero attached hydrogens (tertiary/aromatic N) is 1. The molecule has 1 saturated heterocycles. The number of aliphatic carboxylic acids is 1. The lowest BCUT2D eigenvalue weighted by molar-refractivity contribution is -0.141. The van der Waals surface area contributed by atoms with Crippen molar-refractivity contribution in [2.24, 2.45) is 5.92 Å². The van der Waals surface area contributed by atoms with E-state index in [1.165, 1.54) is 4.90 Å². The number of anilines is 1. The minimum absolute atomic E-state index is 0.0276. The topological polar surface area (TPSA) is 76.1 Å². The minimum atomic E-state index is -0.946.